The third-order valence-corrected chi connectivity index (χ3v) is 8.96. The largest absolute Gasteiger partial charge is 1.00 e. The van der Waals surface area contributed by atoms with Crippen molar-refractivity contribution in [1.29, 1.82) is 0 Å². The first-order valence-corrected chi connectivity index (χ1v) is 15.2. The fourth-order valence-corrected chi connectivity index (χ4v) is 6.14. The van der Waals surface area contributed by atoms with E-state index in [1.807, 2.05) is 16.4 Å². The second-order valence-electron chi connectivity index (χ2n) is 11.7. The van der Waals surface area contributed by atoms with Crippen LogP contribution in [0.3, 0.4) is 0 Å². The molecule has 5 aromatic rings. The highest BCUT2D eigenvalue weighted by molar-refractivity contribution is 7.98. The van der Waals surface area contributed by atoms with E-state index in [-0.39, 0.29) is 75.3 Å². The van der Waals surface area contributed by atoms with Crippen molar-refractivity contribution < 1.29 is 51.3 Å². The standard InChI is InChI=1S/C29H28FN8O6S.HI/c1-16-14-42-26-23-19(12-21(30)24(26)35-8-10-38(2,3)11-9-35)25(39)20(13-36(16)23)28-33-34-29(44-28)45-15-22-31-32-27(43-22)17-4-6-18(7-5-17)37(40)41;/h4-7,12-13,16H,8-11,14-15H2,1-3H3;1H/q+1;/p-1/t16-;/m0./s1. The number of ether oxygens (including phenoxy) is 1. The number of pyridine rings is 1. The zero-order valence-corrected chi connectivity index (χ0v) is 27.9. The lowest BCUT2D eigenvalue weighted by Crippen LogP contribution is -3.00. The molecule has 0 N–H and O–H groups in total. The van der Waals surface area contributed by atoms with Crippen molar-refractivity contribution in [2.45, 2.75) is 23.9 Å². The first-order valence-electron chi connectivity index (χ1n) is 14.2. The summed E-state index contributed by atoms with van der Waals surface area (Å²) in [7, 11) is 4.31. The van der Waals surface area contributed by atoms with Gasteiger partial charge >= 0.3 is 0 Å². The number of nitro groups is 1. The van der Waals surface area contributed by atoms with Crippen LogP contribution in [0.15, 0.2) is 55.4 Å². The van der Waals surface area contributed by atoms with E-state index in [0.717, 1.165) is 29.3 Å². The smallest absolute Gasteiger partial charge is 0.277 e. The SMILES string of the molecule is C[C@H]1COc2c(N3CC[N+](C)(C)CC3)c(F)cc3c(=O)c(-c4nnc(SCc5nnc(-c6ccc([N+](=O)[O-])cc6)o5)o4)cn1c23.[I-]. The third kappa shape index (κ3) is 5.81. The lowest BCUT2D eigenvalue weighted by atomic mass is 10.1. The highest BCUT2D eigenvalue weighted by Crippen LogP contribution is 2.43. The number of piperazine rings is 1. The molecule has 240 valence electrons. The van der Waals surface area contributed by atoms with Crippen molar-refractivity contribution in [2.24, 2.45) is 0 Å². The number of benzene rings is 2. The number of hydrogen-bond acceptors (Lipinski definition) is 12. The topological polar surface area (TPSA) is 155 Å². The molecular weight excluding hydrogens is 734 g/mol. The molecule has 0 aliphatic carbocycles. The summed E-state index contributed by atoms with van der Waals surface area (Å²) in [5.74, 6) is 0.559. The second-order valence-corrected chi connectivity index (χ2v) is 12.6. The van der Waals surface area contributed by atoms with Gasteiger partial charge in [0.1, 0.15) is 17.9 Å². The van der Waals surface area contributed by atoms with E-state index in [9.17, 15) is 14.9 Å². The normalized spacial score (nSPS) is 17.0. The molecule has 1 fully saturated rings. The Kier molecular flexibility index (Phi) is 8.49. The number of hydrogen-bond donors (Lipinski definition) is 0. The Labute approximate surface area is 282 Å². The Bertz CT molecular complexity index is 2000. The summed E-state index contributed by atoms with van der Waals surface area (Å²) in [6.45, 7) is 5.36. The van der Waals surface area contributed by atoms with Crippen LogP contribution < -0.4 is 39.0 Å². The van der Waals surface area contributed by atoms with Crippen molar-refractivity contribution in [2.75, 3.05) is 51.8 Å². The molecular formula is C29H28FIN8O6S. The van der Waals surface area contributed by atoms with E-state index in [4.69, 9.17) is 13.6 Å². The summed E-state index contributed by atoms with van der Waals surface area (Å²) in [6, 6.07) is 6.92. The fraction of sp³-hybridized carbons (Fsp3) is 0.345. The van der Waals surface area contributed by atoms with Crippen LogP contribution in [0.2, 0.25) is 0 Å². The highest BCUT2D eigenvalue weighted by Gasteiger charge is 2.33. The Morgan fingerprint density at radius 1 is 1.09 bits per heavy atom. The molecule has 14 nitrogen and oxygen atoms in total. The van der Waals surface area contributed by atoms with Gasteiger partial charge in [-0.15, -0.1) is 20.4 Å². The summed E-state index contributed by atoms with van der Waals surface area (Å²) in [4.78, 5) is 26.1. The molecule has 2 aliphatic heterocycles. The van der Waals surface area contributed by atoms with Crippen LogP contribution in [-0.2, 0) is 5.75 Å². The van der Waals surface area contributed by atoms with E-state index in [1.54, 1.807) is 6.20 Å². The van der Waals surface area contributed by atoms with Gasteiger partial charge in [-0.1, -0.05) is 11.8 Å². The average molecular weight is 763 g/mol. The van der Waals surface area contributed by atoms with Crippen LogP contribution in [0, 0.1) is 15.9 Å². The van der Waals surface area contributed by atoms with Crippen LogP contribution >= 0.6 is 11.8 Å². The molecule has 2 aromatic carbocycles. The molecule has 0 saturated carbocycles. The van der Waals surface area contributed by atoms with E-state index < -0.39 is 16.2 Å². The number of nitrogens with zero attached hydrogens (tertiary/aromatic N) is 8. The monoisotopic (exact) mass is 762 g/mol. The quantitative estimate of drug-likeness (QED) is 0.0772. The zero-order valence-electron chi connectivity index (χ0n) is 25.0. The van der Waals surface area contributed by atoms with Crippen molar-refractivity contribution >= 4 is 34.0 Å². The summed E-state index contributed by atoms with van der Waals surface area (Å²) in [5.41, 5.74) is 1.15. The number of thioether (sulfide) groups is 1. The van der Waals surface area contributed by atoms with Crippen molar-refractivity contribution in [3.63, 3.8) is 0 Å². The van der Waals surface area contributed by atoms with Crippen LogP contribution in [0.5, 0.6) is 5.75 Å². The zero-order chi connectivity index (χ0) is 31.5. The van der Waals surface area contributed by atoms with E-state index in [0.29, 0.717) is 42.2 Å². The van der Waals surface area contributed by atoms with Gasteiger partial charge in [0, 0.05) is 23.9 Å². The van der Waals surface area contributed by atoms with Crippen LogP contribution in [0.4, 0.5) is 15.8 Å². The van der Waals surface area contributed by atoms with E-state index in [2.05, 4.69) is 34.5 Å². The average Bonchev–Trinajstić information content (AvgIpc) is 3.69. The number of halogens is 2. The first-order chi connectivity index (χ1) is 21.6. The molecule has 0 spiro atoms. The summed E-state index contributed by atoms with van der Waals surface area (Å²) in [6.07, 6.45) is 1.68. The lowest BCUT2D eigenvalue weighted by Gasteiger charge is -2.41. The van der Waals surface area contributed by atoms with Crippen LogP contribution in [0.25, 0.3) is 33.8 Å². The van der Waals surface area contributed by atoms with Crippen LogP contribution in [0.1, 0.15) is 18.9 Å². The fourth-order valence-electron chi connectivity index (χ4n) is 5.54. The van der Waals surface area contributed by atoms with E-state index >= 15 is 4.39 Å². The third-order valence-electron chi connectivity index (χ3n) is 8.16. The van der Waals surface area contributed by atoms with Gasteiger partial charge in [-0.05, 0) is 25.1 Å². The van der Waals surface area contributed by atoms with Gasteiger partial charge in [-0.25, -0.2) is 4.39 Å². The van der Waals surface area contributed by atoms with Gasteiger partial charge in [0.15, 0.2) is 11.6 Å². The molecule has 7 rings (SSSR count). The molecule has 3 aromatic heterocycles. The molecule has 0 radical (unpaired) electrons. The number of anilines is 1. The Balaban J connectivity index is 0.00000372. The summed E-state index contributed by atoms with van der Waals surface area (Å²) >= 11 is 1.14. The number of rotatable bonds is 7. The number of nitro benzene ring substituents is 1. The maximum atomic E-state index is 15.8. The number of non-ortho nitro benzene ring substituents is 1. The number of aromatic nitrogens is 5. The minimum Gasteiger partial charge on any atom is -1.00 e. The number of quaternary nitrogens is 1. The molecule has 1 atom stereocenters. The second kappa shape index (κ2) is 12.3. The molecule has 2 aliphatic rings. The predicted molar refractivity (Wildman–Crippen MR) is 162 cm³/mol. The molecule has 0 amide bonds. The lowest BCUT2D eigenvalue weighted by molar-refractivity contribution is -0.890. The minimum absolute atomic E-state index is 0. The summed E-state index contributed by atoms with van der Waals surface area (Å²) in [5, 5.41) is 27.4. The Hall–Kier alpha value is -4.10. The summed E-state index contributed by atoms with van der Waals surface area (Å²) < 4.78 is 36.2. The first kappa shape index (κ1) is 31.9. The molecule has 17 heteroatoms. The maximum Gasteiger partial charge on any atom is 0.277 e. The minimum atomic E-state index is -0.505. The molecule has 1 saturated heterocycles. The predicted octanol–water partition coefficient (Wildman–Crippen LogP) is 1.29. The van der Waals surface area contributed by atoms with Crippen LogP contribution in [-0.4, -0.2) is 81.2 Å². The highest BCUT2D eigenvalue weighted by atomic mass is 127. The van der Waals surface area contributed by atoms with Gasteiger partial charge in [-0.2, -0.15) is 0 Å². The molecule has 0 unspecified atom stereocenters. The van der Waals surface area contributed by atoms with Crippen molar-refractivity contribution in [3.05, 3.63) is 68.6 Å². The molecule has 46 heavy (non-hydrogen) atoms. The van der Waals surface area contributed by atoms with E-state index in [1.165, 1.54) is 30.3 Å². The van der Waals surface area contributed by atoms with Gasteiger partial charge in [0.05, 0.1) is 67.9 Å². The Morgan fingerprint density at radius 3 is 2.52 bits per heavy atom. The Morgan fingerprint density at radius 2 is 1.80 bits per heavy atom. The molecule has 5 heterocycles. The van der Waals surface area contributed by atoms with Gasteiger partial charge in [0.2, 0.25) is 17.2 Å². The maximum absolute atomic E-state index is 15.8. The van der Waals surface area contributed by atoms with Gasteiger partial charge < -0.3 is 51.5 Å². The van der Waals surface area contributed by atoms with Crippen molar-refractivity contribution in [3.8, 4) is 28.7 Å². The molecule has 0 bridgehead atoms. The number of likely N-dealkylation sites (N-methyl/N-ethyl adjacent to an activating group) is 1. The van der Waals surface area contributed by atoms with Gasteiger partial charge in [-0.3, -0.25) is 14.9 Å². The van der Waals surface area contributed by atoms with Crippen molar-refractivity contribution in [1.82, 2.24) is 25.0 Å². The van der Waals surface area contributed by atoms with Gasteiger partial charge in [0.25, 0.3) is 16.8 Å².